The first kappa shape index (κ1) is 18.0. The van der Waals surface area contributed by atoms with Crippen LogP contribution in [0.25, 0.3) is 0 Å². The van der Waals surface area contributed by atoms with Gasteiger partial charge < -0.3 is 4.74 Å². The maximum Gasteiger partial charge on any atom is 0.316 e. The first-order valence-corrected chi connectivity index (χ1v) is 6.95. The van der Waals surface area contributed by atoms with Crippen molar-refractivity contribution in [2.24, 2.45) is 11.8 Å². The Balaban J connectivity index is 3.54. The van der Waals surface area contributed by atoms with Crippen LogP contribution in [0.4, 0.5) is 0 Å². The van der Waals surface area contributed by atoms with Crippen molar-refractivity contribution in [3.63, 3.8) is 0 Å². The molecule has 0 heterocycles. The fraction of sp³-hybridized carbons (Fsp3) is 0.333. The van der Waals surface area contributed by atoms with E-state index in [1.54, 1.807) is 12.1 Å². The lowest BCUT2D eigenvalue weighted by molar-refractivity contribution is -0.150. The number of ether oxygens (including phenoxy) is 1. The molecular formula is C15H12Cl2N2O3. The molecule has 5 nitrogen and oxygen atoms in total. The number of benzene rings is 1. The van der Waals surface area contributed by atoms with Gasteiger partial charge in [-0.15, -0.1) is 0 Å². The van der Waals surface area contributed by atoms with Crippen molar-refractivity contribution in [2.45, 2.75) is 12.8 Å². The van der Waals surface area contributed by atoms with E-state index in [9.17, 15) is 20.1 Å². The van der Waals surface area contributed by atoms with Crippen LogP contribution in [0.2, 0.25) is 10.0 Å². The lowest BCUT2D eigenvalue weighted by Gasteiger charge is -2.25. The molecule has 1 rings (SSSR count). The highest BCUT2D eigenvalue weighted by atomic mass is 35.5. The predicted octanol–water partition coefficient (Wildman–Crippen LogP) is 3.12. The molecule has 0 saturated heterocycles. The molecule has 2 unspecified atom stereocenters. The van der Waals surface area contributed by atoms with Gasteiger partial charge in [-0.1, -0.05) is 29.3 Å². The van der Waals surface area contributed by atoms with Gasteiger partial charge in [-0.05, 0) is 24.6 Å². The molecule has 0 aliphatic carbocycles. The maximum atomic E-state index is 12.0. The summed E-state index contributed by atoms with van der Waals surface area (Å²) in [5, 5.41) is 18.9. The summed E-state index contributed by atoms with van der Waals surface area (Å²) in [7, 11) is 1.13. The summed E-state index contributed by atoms with van der Waals surface area (Å²) in [6.07, 6.45) is 0. The number of carbonyl (C=O) groups is 2. The molecule has 0 aliphatic rings. The number of ketones is 1. The standard InChI is InChI=1S/C15H12Cl2N2O3/c1-8(20)13(15(21)22-2)14(9(6-18)7-19)11-4-3-10(16)5-12(11)17/h3-5,9,13-14H,1-2H3. The second-order valence-corrected chi connectivity index (χ2v) is 5.38. The Morgan fingerprint density at radius 3 is 2.23 bits per heavy atom. The molecule has 0 aromatic heterocycles. The number of nitrogens with zero attached hydrogens (tertiary/aromatic N) is 2. The minimum absolute atomic E-state index is 0.170. The number of carbonyl (C=O) groups excluding carboxylic acids is 2. The number of hydrogen-bond acceptors (Lipinski definition) is 5. The molecule has 2 atom stereocenters. The highest BCUT2D eigenvalue weighted by Crippen LogP contribution is 2.38. The third-order valence-electron chi connectivity index (χ3n) is 3.21. The van der Waals surface area contributed by atoms with Gasteiger partial charge >= 0.3 is 5.97 Å². The molecule has 7 heteroatoms. The van der Waals surface area contributed by atoms with E-state index < -0.39 is 29.5 Å². The summed E-state index contributed by atoms with van der Waals surface area (Å²) in [6.45, 7) is 1.20. The number of esters is 1. The molecule has 1 aromatic rings. The van der Waals surface area contributed by atoms with E-state index in [1.807, 2.05) is 0 Å². The van der Waals surface area contributed by atoms with E-state index >= 15 is 0 Å². The van der Waals surface area contributed by atoms with Crippen molar-refractivity contribution in [2.75, 3.05) is 7.11 Å². The summed E-state index contributed by atoms with van der Waals surface area (Å²) in [4.78, 5) is 23.8. The molecule has 1 aromatic carbocycles. The van der Waals surface area contributed by atoms with Crippen LogP contribution in [0.15, 0.2) is 18.2 Å². The largest absolute Gasteiger partial charge is 0.468 e. The quantitative estimate of drug-likeness (QED) is 0.607. The summed E-state index contributed by atoms with van der Waals surface area (Å²) >= 11 is 11.9. The van der Waals surface area contributed by atoms with Crippen LogP contribution < -0.4 is 0 Å². The molecule has 0 saturated carbocycles. The molecule has 0 amide bonds. The second-order valence-electron chi connectivity index (χ2n) is 4.54. The minimum Gasteiger partial charge on any atom is -0.468 e. The molecule has 0 aliphatic heterocycles. The summed E-state index contributed by atoms with van der Waals surface area (Å²) < 4.78 is 4.63. The zero-order valence-corrected chi connectivity index (χ0v) is 13.4. The fourth-order valence-corrected chi connectivity index (χ4v) is 2.74. The Morgan fingerprint density at radius 2 is 1.82 bits per heavy atom. The van der Waals surface area contributed by atoms with Crippen molar-refractivity contribution in [1.82, 2.24) is 0 Å². The molecular weight excluding hydrogens is 327 g/mol. The number of halogens is 2. The summed E-state index contributed by atoms with van der Waals surface area (Å²) in [5.41, 5.74) is 0.324. The predicted molar refractivity (Wildman–Crippen MR) is 80.1 cm³/mol. The van der Waals surface area contributed by atoms with Crippen LogP contribution in [-0.2, 0) is 14.3 Å². The normalized spacial score (nSPS) is 12.9. The van der Waals surface area contributed by atoms with E-state index in [1.165, 1.54) is 25.1 Å². The van der Waals surface area contributed by atoms with E-state index in [4.69, 9.17) is 23.2 Å². The van der Waals surface area contributed by atoms with Gasteiger partial charge in [0.2, 0.25) is 0 Å². The summed E-state index contributed by atoms with van der Waals surface area (Å²) in [6, 6.07) is 8.02. The van der Waals surface area contributed by atoms with Crippen LogP contribution in [0.3, 0.4) is 0 Å². The smallest absolute Gasteiger partial charge is 0.316 e. The number of hydrogen-bond donors (Lipinski definition) is 0. The topological polar surface area (TPSA) is 90.9 Å². The molecule has 0 bridgehead atoms. The first-order valence-electron chi connectivity index (χ1n) is 6.19. The van der Waals surface area contributed by atoms with Crippen molar-refractivity contribution in [3.05, 3.63) is 33.8 Å². The van der Waals surface area contributed by atoms with Gasteiger partial charge in [0.25, 0.3) is 0 Å². The average molecular weight is 339 g/mol. The average Bonchev–Trinajstić information content (AvgIpc) is 2.47. The van der Waals surface area contributed by atoms with E-state index in [0.29, 0.717) is 10.6 Å². The van der Waals surface area contributed by atoms with Crippen LogP contribution in [0.5, 0.6) is 0 Å². The third kappa shape index (κ3) is 3.76. The Kier molecular flexibility index (Phi) is 6.37. The number of Topliss-reactive ketones (excluding diaryl/α,β-unsaturated/α-hetero) is 1. The fourth-order valence-electron chi connectivity index (χ4n) is 2.21. The number of nitriles is 2. The van der Waals surface area contributed by atoms with Gasteiger partial charge in [-0.25, -0.2) is 0 Å². The van der Waals surface area contributed by atoms with Gasteiger partial charge in [0, 0.05) is 16.0 Å². The Bertz CT molecular complexity index is 662. The molecule has 0 N–H and O–H groups in total. The van der Waals surface area contributed by atoms with E-state index in [2.05, 4.69) is 4.74 Å². The zero-order chi connectivity index (χ0) is 16.9. The minimum atomic E-state index is -1.30. The lowest BCUT2D eigenvalue weighted by atomic mass is 9.76. The van der Waals surface area contributed by atoms with Crippen LogP contribution in [0.1, 0.15) is 18.4 Å². The van der Waals surface area contributed by atoms with Crippen LogP contribution in [0, 0.1) is 34.5 Å². The third-order valence-corrected chi connectivity index (χ3v) is 3.77. The van der Waals surface area contributed by atoms with Gasteiger partial charge in [-0.3, -0.25) is 9.59 Å². The van der Waals surface area contributed by atoms with Gasteiger partial charge in [0.05, 0.1) is 19.2 Å². The van der Waals surface area contributed by atoms with Crippen molar-refractivity contribution in [1.29, 1.82) is 10.5 Å². The first-order chi connectivity index (χ1) is 10.4. The number of rotatable bonds is 5. The zero-order valence-electron chi connectivity index (χ0n) is 11.8. The van der Waals surface area contributed by atoms with Gasteiger partial charge in [-0.2, -0.15) is 10.5 Å². The highest BCUT2D eigenvalue weighted by molar-refractivity contribution is 6.35. The van der Waals surface area contributed by atoms with Crippen molar-refractivity contribution >= 4 is 35.0 Å². The van der Waals surface area contributed by atoms with Gasteiger partial charge in [0.1, 0.15) is 17.6 Å². The Labute approximate surface area is 138 Å². The van der Waals surface area contributed by atoms with Crippen LogP contribution in [-0.4, -0.2) is 18.9 Å². The van der Waals surface area contributed by atoms with E-state index in [0.717, 1.165) is 7.11 Å². The Morgan fingerprint density at radius 1 is 1.23 bits per heavy atom. The molecule has 0 radical (unpaired) electrons. The molecule has 114 valence electrons. The van der Waals surface area contributed by atoms with Crippen molar-refractivity contribution in [3.8, 4) is 12.1 Å². The molecule has 0 spiro atoms. The number of methoxy groups -OCH3 is 1. The maximum absolute atomic E-state index is 12.0. The lowest BCUT2D eigenvalue weighted by Crippen LogP contribution is -2.33. The van der Waals surface area contributed by atoms with E-state index in [-0.39, 0.29) is 5.02 Å². The van der Waals surface area contributed by atoms with Crippen molar-refractivity contribution < 1.29 is 14.3 Å². The van der Waals surface area contributed by atoms with Gasteiger partial charge in [0.15, 0.2) is 0 Å². The highest BCUT2D eigenvalue weighted by Gasteiger charge is 2.40. The van der Waals surface area contributed by atoms with Crippen LogP contribution >= 0.6 is 23.2 Å². The summed E-state index contributed by atoms with van der Waals surface area (Å²) in [5.74, 6) is -4.92. The molecule has 0 fully saturated rings. The monoisotopic (exact) mass is 338 g/mol. The second kappa shape index (κ2) is 7.79. The SMILES string of the molecule is COC(=O)C(C(C)=O)C(c1ccc(Cl)cc1Cl)C(C#N)C#N. The Hall–Kier alpha value is -2.08. The molecule has 22 heavy (non-hydrogen) atoms.